The normalized spacial score (nSPS) is 15.6. The van der Waals surface area contributed by atoms with E-state index in [4.69, 9.17) is 5.73 Å². The van der Waals surface area contributed by atoms with Crippen LogP contribution in [0.3, 0.4) is 0 Å². The topological polar surface area (TPSA) is 43.8 Å². The standard InChI is InChI=1S/C14H25BrFN3/c1-6-10-12(15)11(19(7-2)18-10)8-14(16,9-17)13(3,4)5/h6-9,17H2,1-5H3. The van der Waals surface area contributed by atoms with Crippen molar-refractivity contribution in [2.75, 3.05) is 6.54 Å². The van der Waals surface area contributed by atoms with Crippen LogP contribution in [0.15, 0.2) is 4.47 Å². The maximum Gasteiger partial charge on any atom is 0.133 e. The molecule has 1 aromatic heterocycles. The molecule has 0 saturated carbocycles. The lowest BCUT2D eigenvalue weighted by atomic mass is 9.75. The second-order valence-corrected chi connectivity index (χ2v) is 6.77. The summed E-state index contributed by atoms with van der Waals surface area (Å²) < 4.78 is 17.9. The van der Waals surface area contributed by atoms with Crippen LogP contribution in [0.1, 0.15) is 46.0 Å². The number of aryl methyl sites for hydroxylation is 2. The molecule has 0 radical (unpaired) electrons. The lowest BCUT2D eigenvalue weighted by Gasteiger charge is -2.37. The van der Waals surface area contributed by atoms with Gasteiger partial charge in [-0.1, -0.05) is 27.7 Å². The number of hydrogen-bond acceptors (Lipinski definition) is 2. The molecular weight excluding hydrogens is 309 g/mol. The number of alkyl halides is 1. The molecule has 2 N–H and O–H groups in total. The van der Waals surface area contributed by atoms with Crippen LogP contribution in [0.25, 0.3) is 0 Å². The van der Waals surface area contributed by atoms with Gasteiger partial charge in [-0.05, 0) is 34.7 Å². The molecule has 110 valence electrons. The van der Waals surface area contributed by atoms with Gasteiger partial charge in [-0.15, -0.1) is 0 Å². The molecule has 1 unspecified atom stereocenters. The Bertz CT molecular complexity index is 437. The molecule has 0 amide bonds. The first-order valence-corrected chi connectivity index (χ1v) is 7.62. The second-order valence-electron chi connectivity index (χ2n) is 5.97. The van der Waals surface area contributed by atoms with Crippen molar-refractivity contribution in [3.05, 3.63) is 15.9 Å². The fourth-order valence-corrected chi connectivity index (χ4v) is 2.80. The van der Waals surface area contributed by atoms with Gasteiger partial charge < -0.3 is 5.73 Å². The highest BCUT2D eigenvalue weighted by Crippen LogP contribution is 2.38. The summed E-state index contributed by atoms with van der Waals surface area (Å²) in [6.45, 7) is 10.5. The van der Waals surface area contributed by atoms with E-state index in [9.17, 15) is 0 Å². The minimum absolute atomic E-state index is 0.0132. The first-order chi connectivity index (χ1) is 8.70. The van der Waals surface area contributed by atoms with Gasteiger partial charge in [0, 0.05) is 19.5 Å². The lowest BCUT2D eigenvalue weighted by Crippen LogP contribution is -2.47. The smallest absolute Gasteiger partial charge is 0.133 e. The Hall–Kier alpha value is -0.420. The Labute approximate surface area is 123 Å². The summed E-state index contributed by atoms with van der Waals surface area (Å²) in [6.07, 6.45) is 1.12. The Morgan fingerprint density at radius 3 is 2.26 bits per heavy atom. The first kappa shape index (κ1) is 16.6. The monoisotopic (exact) mass is 333 g/mol. The van der Waals surface area contributed by atoms with Gasteiger partial charge in [0.15, 0.2) is 0 Å². The minimum atomic E-state index is -1.44. The SMILES string of the molecule is CCc1nn(CC)c(CC(F)(CN)C(C)(C)C)c1Br. The summed E-state index contributed by atoms with van der Waals surface area (Å²) in [5.74, 6) is 0. The van der Waals surface area contributed by atoms with Crippen LogP contribution >= 0.6 is 15.9 Å². The molecule has 0 aromatic carbocycles. The number of nitrogens with zero attached hydrogens (tertiary/aromatic N) is 2. The number of nitrogens with two attached hydrogens (primary N) is 1. The van der Waals surface area contributed by atoms with Gasteiger partial charge in [-0.25, -0.2) is 4.39 Å². The average Bonchev–Trinajstić information content (AvgIpc) is 2.64. The number of halogens is 2. The third kappa shape index (κ3) is 3.19. The number of aromatic nitrogens is 2. The van der Waals surface area contributed by atoms with E-state index in [0.717, 1.165) is 28.8 Å². The predicted octanol–water partition coefficient (Wildman–Crippen LogP) is 3.48. The minimum Gasteiger partial charge on any atom is -0.327 e. The van der Waals surface area contributed by atoms with Crippen molar-refractivity contribution in [2.24, 2.45) is 11.1 Å². The summed E-state index contributed by atoms with van der Waals surface area (Å²) in [5, 5.41) is 4.51. The van der Waals surface area contributed by atoms with Crippen molar-refractivity contribution in [1.82, 2.24) is 9.78 Å². The average molecular weight is 334 g/mol. The summed E-state index contributed by atoms with van der Waals surface area (Å²) in [6, 6.07) is 0. The van der Waals surface area contributed by atoms with Crippen molar-refractivity contribution in [2.45, 2.75) is 59.7 Å². The van der Waals surface area contributed by atoms with Crippen molar-refractivity contribution < 1.29 is 4.39 Å². The highest BCUT2D eigenvalue weighted by molar-refractivity contribution is 9.10. The maximum absolute atomic E-state index is 15.1. The summed E-state index contributed by atoms with van der Waals surface area (Å²) >= 11 is 3.56. The van der Waals surface area contributed by atoms with E-state index in [0.29, 0.717) is 0 Å². The molecule has 1 aromatic rings. The highest BCUT2D eigenvalue weighted by atomic mass is 79.9. The maximum atomic E-state index is 15.1. The Kier molecular flexibility index (Phi) is 5.18. The summed E-state index contributed by atoms with van der Waals surface area (Å²) in [5.41, 5.74) is 5.64. The molecule has 3 nitrogen and oxygen atoms in total. The van der Waals surface area contributed by atoms with Gasteiger partial charge >= 0.3 is 0 Å². The third-order valence-corrected chi connectivity index (χ3v) is 4.72. The Morgan fingerprint density at radius 2 is 1.89 bits per heavy atom. The molecule has 1 atom stereocenters. The molecule has 0 bridgehead atoms. The lowest BCUT2D eigenvalue weighted by molar-refractivity contribution is 0.0361. The molecule has 5 heteroatoms. The van der Waals surface area contributed by atoms with Gasteiger partial charge in [0.2, 0.25) is 0 Å². The van der Waals surface area contributed by atoms with Gasteiger partial charge in [0.1, 0.15) is 5.67 Å². The predicted molar refractivity (Wildman–Crippen MR) is 81.0 cm³/mol. The van der Waals surface area contributed by atoms with Gasteiger partial charge in [-0.3, -0.25) is 4.68 Å². The van der Waals surface area contributed by atoms with E-state index in [-0.39, 0.29) is 13.0 Å². The molecule has 19 heavy (non-hydrogen) atoms. The largest absolute Gasteiger partial charge is 0.327 e. The van der Waals surface area contributed by atoms with Crippen LogP contribution in [-0.2, 0) is 19.4 Å². The van der Waals surface area contributed by atoms with Crippen LogP contribution < -0.4 is 5.73 Å². The molecule has 1 heterocycles. The van der Waals surface area contributed by atoms with Crippen molar-refractivity contribution in [3.63, 3.8) is 0 Å². The van der Waals surface area contributed by atoms with Gasteiger partial charge in [0.05, 0.1) is 15.9 Å². The molecule has 1 rings (SSSR count). The van der Waals surface area contributed by atoms with Gasteiger partial charge in [-0.2, -0.15) is 5.10 Å². The molecule has 0 aliphatic heterocycles. The Balaban J connectivity index is 3.21. The summed E-state index contributed by atoms with van der Waals surface area (Å²) in [4.78, 5) is 0. The zero-order valence-corrected chi connectivity index (χ0v) is 14.1. The van der Waals surface area contributed by atoms with Crippen LogP contribution in [0.2, 0.25) is 0 Å². The fourth-order valence-electron chi connectivity index (χ4n) is 2.10. The Morgan fingerprint density at radius 1 is 1.32 bits per heavy atom. The zero-order valence-electron chi connectivity index (χ0n) is 12.6. The molecule has 0 aliphatic rings. The molecule has 0 spiro atoms. The van der Waals surface area contributed by atoms with Crippen molar-refractivity contribution in [3.8, 4) is 0 Å². The van der Waals surface area contributed by atoms with Crippen LogP contribution in [0.5, 0.6) is 0 Å². The number of rotatable bonds is 5. The van der Waals surface area contributed by atoms with E-state index in [1.54, 1.807) is 0 Å². The van der Waals surface area contributed by atoms with E-state index in [1.165, 1.54) is 0 Å². The van der Waals surface area contributed by atoms with Crippen molar-refractivity contribution >= 4 is 15.9 Å². The molecular formula is C14H25BrFN3. The van der Waals surface area contributed by atoms with Crippen LogP contribution in [0.4, 0.5) is 4.39 Å². The van der Waals surface area contributed by atoms with Gasteiger partial charge in [0.25, 0.3) is 0 Å². The second kappa shape index (κ2) is 5.92. The van der Waals surface area contributed by atoms with E-state index in [2.05, 4.69) is 21.0 Å². The quantitative estimate of drug-likeness (QED) is 0.896. The zero-order chi connectivity index (χ0) is 14.8. The fraction of sp³-hybridized carbons (Fsp3) is 0.786. The van der Waals surface area contributed by atoms with Crippen molar-refractivity contribution in [1.29, 1.82) is 0 Å². The van der Waals surface area contributed by atoms with Crippen LogP contribution in [-0.4, -0.2) is 22.0 Å². The van der Waals surface area contributed by atoms with E-state index >= 15 is 4.39 Å². The first-order valence-electron chi connectivity index (χ1n) is 6.83. The molecule has 0 saturated heterocycles. The van der Waals surface area contributed by atoms with E-state index in [1.807, 2.05) is 39.3 Å². The molecule has 0 fully saturated rings. The number of hydrogen-bond donors (Lipinski definition) is 1. The highest BCUT2D eigenvalue weighted by Gasteiger charge is 2.42. The molecule has 0 aliphatic carbocycles. The van der Waals surface area contributed by atoms with Crippen LogP contribution in [0, 0.1) is 5.41 Å². The summed E-state index contributed by atoms with van der Waals surface area (Å²) in [7, 11) is 0. The third-order valence-electron chi connectivity index (χ3n) is 3.81. The van der Waals surface area contributed by atoms with E-state index < -0.39 is 11.1 Å².